The molecule has 0 aliphatic heterocycles. The van der Waals surface area contributed by atoms with Crippen LogP contribution in [0.5, 0.6) is 0 Å². The zero-order valence-electron chi connectivity index (χ0n) is 14.7. The molecule has 1 N–H and O–H groups in total. The van der Waals surface area contributed by atoms with Crippen LogP contribution in [0.1, 0.15) is 18.2 Å². The maximum Gasteiger partial charge on any atom is 0.416 e. The van der Waals surface area contributed by atoms with Gasteiger partial charge in [-0.2, -0.15) is 18.4 Å². The summed E-state index contributed by atoms with van der Waals surface area (Å²) in [5.74, 6) is 0. The topological polar surface area (TPSA) is 68.6 Å². The summed E-state index contributed by atoms with van der Waals surface area (Å²) in [6, 6.07) is 12.5. The second kappa shape index (κ2) is 7.11. The highest BCUT2D eigenvalue weighted by Crippen LogP contribution is 2.37. The van der Waals surface area contributed by atoms with Crippen LogP contribution in [0.15, 0.2) is 42.5 Å². The van der Waals surface area contributed by atoms with E-state index in [2.05, 4.69) is 15.4 Å². The molecule has 2 aromatic carbocycles. The molecule has 1 aromatic heterocycles. The molecule has 138 valence electrons. The Kier molecular flexibility index (Phi) is 4.86. The molecule has 0 unspecified atom stereocenters. The van der Waals surface area contributed by atoms with E-state index in [0.29, 0.717) is 28.9 Å². The molecule has 0 spiro atoms. The van der Waals surface area contributed by atoms with Crippen LogP contribution in [-0.4, -0.2) is 29.0 Å². The highest BCUT2D eigenvalue weighted by molar-refractivity contribution is 5.83. The summed E-state index contributed by atoms with van der Waals surface area (Å²) in [6.07, 6.45) is -4.43. The van der Waals surface area contributed by atoms with E-state index in [1.54, 1.807) is 18.2 Å². The Hall–Kier alpha value is -3.34. The lowest BCUT2D eigenvalue weighted by molar-refractivity contribution is -0.137. The van der Waals surface area contributed by atoms with Gasteiger partial charge < -0.3 is 4.90 Å². The number of anilines is 1. The van der Waals surface area contributed by atoms with E-state index in [1.807, 2.05) is 31.0 Å². The number of nitriles is 1. The number of rotatable bonds is 4. The molecule has 0 aliphatic rings. The molecule has 3 rings (SSSR count). The van der Waals surface area contributed by atoms with Gasteiger partial charge in [0.25, 0.3) is 0 Å². The van der Waals surface area contributed by atoms with E-state index >= 15 is 0 Å². The molecule has 0 amide bonds. The van der Waals surface area contributed by atoms with Gasteiger partial charge in [0.1, 0.15) is 11.8 Å². The summed E-state index contributed by atoms with van der Waals surface area (Å²) in [6.45, 7) is 2.63. The van der Waals surface area contributed by atoms with Gasteiger partial charge in [0, 0.05) is 30.4 Å². The summed E-state index contributed by atoms with van der Waals surface area (Å²) in [5, 5.41) is 19.2. The molecule has 27 heavy (non-hydrogen) atoms. The van der Waals surface area contributed by atoms with E-state index in [0.717, 1.165) is 17.8 Å². The third kappa shape index (κ3) is 3.62. The molecule has 1 heterocycles. The predicted octanol–water partition coefficient (Wildman–Crippen LogP) is 4.49. The highest BCUT2D eigenvalue weighted by atomic mass is 19.4. The summed E-state index contributed by atoms with van der Waals surface area (Å²) in [7, 11) is 1.86. The number of halogens is 3. The first-order valence-corrected chi connectivity index (χ1v) is 8.19. The fourth-order valence-electron chi connectivity index (χ4n) is 2.79. The van der Waals surface area contributed by atoms with Gasteiger partial charge in [-0.25, -0.2) is 5.10 Å². The van der Waals surface area contributed by atoms with Gasteiger partial charge in [-0.3, -0.25) is 0 Å². The van der Waals surface area contributed by atoms with Gasteiger partial charge >= 0.3 is 6.18 Å². The number of alkyl halides is 3. The minimum atomic E-state index is -4.43. The second-order valence-corrected chi connectivity index (χ2v) is 5.97. The van der Waals surface area contributed by atoms with Gasteiger partial charge in [-0.1, -0.05) is 23.4 Å². The van der Waals surface area contributed by atoms with Crippen molar-refractivity contribution in [3.05, 3.63) is 53.7 Å². The first kappa shape index (κ1) is 18.5. The van der Waals surface area contributed by atoms with Crippen molar-refractivity contribution in [3.8, 4) is 28.5 Å². The number of aromatic amines is 1. The zero-order chi connectivity index (χ0) is 19.6. The molecule has 0 fully saturated rings. The highest BCUT2D eigenvalue weighted by Gasteiger charge is 2.30. The average Bonchev–Trinajstić information content (AvgIpc) is 3.15. The monoisotopic (exact) mass is 371 g/mol. The fraction of sp³-hybridized carbons (Fsp3) is 0.211. The van der Waals surface area contributed by atoms with E-state index in [9.17, 15) is 13.2 Å². The quantitative estimate of drug-likeness (QED) is 0.734. The molecule has 5 nitrogen and oxygen atoms in total. The van der Waals surface area contributed by atoms with Crippen molar-refractivity contribution >= 4 is 5.69 Å². The third-order valence-electron chi connectivity index (χ3n) is 4.32. The molecule has 0 radical (unpaired) electrons. The summed E-state index contributed by atoms with van der Waals surface area (Å²) < 4.78 is 39.4. The second-order valence-electron chi connectivity index (χ2n) is 5.97. The van der Waals surface area contributed by atoms with Crippen LogP contribution in [0.4, 0.5) is 18.9 Å². The lowest BCUT2D eigenvalue weighted by atomic mass is 9.97. The molecule has 8 heteroatoms. The van der Waals surface area contributed by atoms with Crippen molar-refractivity contribution in [1.29, 1.82) is 5.26 Å². The maximum absolute atomic E-state index is 13.1. The van der Waals surface area contributed by atoms with Crippen molar-refractivity contribution in [1.82, 2.24) is 15.4 Å². The molecule has 0 saturated carbocycles. The summed E-state index contributed by atoms with van der Waals surface area (Å²) in [4.78, 5) is 1.94. The van der Waals surface area contributed by atoms with Crippen molar-refractivity contribution in [2.45, 2.75) is 13.1 Å². The average molecular weight is 371 g/mol. The molecule has 0 atom stereocenters. The Morgan fingerprint density at radius 3 is 2.59 bits per heavy atom. The smallest absolute Gasteiger partial charge is 0.374 e. The number of aromatic nitrogens is 3. The molecule has 0 saturated heterocycles. The molecular formula is C19H16F3N5. The van der Waals surface area contributed by atoms with Crippen LogP contribution in [-0.2, 0) is 6.18 Å². The molecule has 0 aliphatic carbocycles. The van der Waals surface area contributed by atoms with Crippen molar-refractivity contribution in [3.63, 3.8) is 0 Å². The van der Waals surface area contributed by atoms with E-state index < -0.39 is 11.7 Å². The normalized spacial score (nSPS) is 11.3. The minimum Gasteiger partial charge on any atom is -0.374 e. The van der Waals surface area contributed by atoms with Crippen LogP contribution < -0.4 is 4.90 Å². The zero-order valence-corrected chi connectivity index (χ0v) is 14.7. The lowest BCUT2D eigenvalue weighted by Crippen LogP contribution is -2.16. The fourth-order valence-corrected chi connectivity index (χ4v) is 2.79. The molecular weight excluding hydrogens is 355 g/mol. The van der Waals surface area contributed by atoms with E-state index in [1.165, 1.54) is 6.07 Å². The Morgan fingerprint density at radius 2 is 1.93 bits per heavy atom. The van der Waals surface area contributed by atoms with Gasteiger partial charge in [-0.15, -0.1) is 5.10 Å². The first-order chi connectivity index (χ1) is 12.8. The maximum atomic E-state index is 13.1. The SMILES string of the molecule is CCN(C)c1ccc(-c2nn[nH]c2C#N)cc1-c1cccc(C(F)(F)F)c1. The largest absolute Gasteiger partial charge is 0.416 e. The van der Waals surface area contributed by atoms with Crippen molar-refractivity contribution in [2.24, 2.45) is 0 Å². The number of H-pyrrole nitrogens is 1. The van der Waals surface area contributed by atoms with E-state index in [4.69, 9.17) is 5.26 Å². The van der Waals surface area contributed by atoms with Crippen molar-refractivity contribution in [2.75, 3.05) is 18.5 Å². The Morgan fingerprint density at radius 1 is 1.15 bits per heavy atom. The Labute approximate surface area is 154 Å². The van der Waals surface area contributed by atoms with Crippen LogP contribution >= 0.6 is 0 Å². The third-order valence-corrected chi connectivity index (χ3v) is 4.32. The Balaban J connectivity index is 2.20. The number of hydrogen-bond donors (Lipinski definition) is 1. The van der Waals surface area contributed by atoms with Crippen LogP contribution in [0, 0.1) is 11.3 Å². The minimum absolute atomic E-state index is 0.196. The van der Waals surface area contributed by atoms with Crippen LogP contribution in [0.2, 0.25) is 0 Å². The number of nitrogens with zero attached hydrogens (tertiary/aromatic N) is 4. The van der Waals surface area contributed by atoms with Crippen molar-refractivity contribution < 1.29 is 13.2 Å². The number of nitrogens with one attached hydrogen (secondary N) is 1. The van der Waals surface area contributed by atoms with Gasteiger partial charge in [0.15, 0.2) is 5.69 Å². The van der Waals surface area contributed by atoms with E-state index in [-0.39, 0.29) is 5.69 Å². The first-order valence-electron chi connectivity index (χ1n) is 8.19. The lowest BCUT2D eigenvalue weighted by Gasteiger charge is -2.22. The summed E-state index contributed by atoms with van der Waals surface area (Å²) >= 11 is 0. The Bertz CT molecular complexity index is 1000. The van der Waals surface area contributed by atoms with Crippen LogP contribution in [0.3, 0.4) is 0 Å². The number of benzene rings is 2. The van der Waals surface area contributed by atoms with Gasteiger partial charge in [0.05, 0.1) is 5.56 Å². The van der Waals surface area contributed by atoms with Gasteiger partial charge in [0.2, 0.25) is 0 Å². The number of hydrogen-bond acceptors (Lipinski definition) is 4. The molecule has 0 bridgehead atoms. The standard InChI is InChI=1S/C19H16F3N5/c1-3-27(2)17-8-7-13(18-16(11-23)24-26-25-18)10-15(17)12-5-4-6-14(9-12)19(20,21)22/h4-10H,3H2,1-2H3,(H,24,25,26). The summed E-state index contributed by atoms with van der Waals surface area (Å²) in [5.41, 5.74) is 2.27. The van der Waals surface area contributed by atoms with Crippen LogP contribution in [0.25, 0.3) is 22.4 Å². The molecule has 3 aromatic rings. The van der Waals surface area contributed by atoms with Gasteiger partial charge in [-0.05, 0) is 36.8 Å². The predicted molar refractivity (Wildman–Crippen MR) is 95.9 cm³/mol.